The van der Waals surface area contributed by atoms with E-state index in [1.54, 1.807) is 40.7 Å². The predicted molar refractivity (Wildman–Crippen MR) is 126 cm³/mol. The largest absolute Gasteiger partial charge is 0.485 e. The fraction of sp³-hybridized carbons (Fsp3) is 0.680. The third-order valence-corrected chi connectivity index (χ3v) is 6.05. The molecule has 0 aliphatic carbocycles. The normalized spacial score (nSPS) is 22.6. The molecule has 0 aromatic heterocycles. The number of likely N-dealkylation sites (tertiary alicyclic amines) is 1. The fourth-order valence-electron chi connectivity index (χ4n) is 4.33. The van der Waals surface area contributed by atoms with Gasteiger partial charge in [0.05, 0.1) is 12.5 Å². The molecule has 2 aliphatic heterocycles. The second kappa shape index (κ2) is 10.3. The Morgan fingerprint density at radius 3 is 2.58 bits per heavy atom. The molecule has 1 saturated heterocycles. The molecule has 0 radical (unpaired) electrons. The fourth-order valence-corrected chi connectivity index (χ4v) is 4.33. The second-order valence-electron chi connectivity index (χ2n) is 10.6. The number of piperidine rings is 1. The monoisotopic (exact) mass is 461 g/mol. The van der Waals surface area contributed by atoms with Crippen molar-refractivity contribution < 1.29 is 24.2 Å². The Bertz CT molecular complexity index is 843. The van der Waals surface area contributed by atoms with Gasteiger partial charge in [-0.05, 0) is 78.2 Å². The smallest absolute Gasteiger partial charge is 0.408 e. The Labute approximate surface area is 197 Å². The van der Waals surface area contributed by atoms with E-state index in [0.717, 1.165) is 25.2 Å². The van der Waals surface area contributed by atoms with E-state index in [1.165, 1.54) is 19.3 Å². The molecule has 1 fully saturated rings. The van der Waals surface area contributed by atoms with Gasteiger partial charge in [0.15, 0.2) is 0 Å². The molecule has 2 amide bonds. The highest BCUT2D eigenvalue weighted by Crippen LogP contribution is 2.40. The lowest BCUT2D eigenvalue weighted by Crippen LogP contribution is -2.54. The van der Waals surface area contributed by atoms with E-state index in [0.29, 0.717) is 17.9 Å². The molecule has 1 aromatic rings. The van der Waals surface area contributed by atoms with Crippen LogP contribution in [-0.4, -0.2) is 65.5 Å². The zero-order valence-corrected chi connectivity index (χ0v) is 20.6. The molecule has 0 bridgehead atoms. The minimum atomic E-state index is -0.994. The van der Waals surface area contributed by atoms with E-state index in [1.807, 2.05) is 12.1 Å². The Balaban J connectivity index is 1.67. The van der Waals surface area contributed by atoms with Crippen molar-refractivity contribution in [1.29, 1.82) is 0 Å². The lowest BCUT2D eigenvalue weighted by Gasteiger charge is -2.42. The van der Waals surface area contributed by atoms with Crippen molar-refractivity contribution >= 4 is 12.0 Å². The predicted octanol–water partition coefficient (Wildman–Crippen LogP) is 2.93. The van der Waals surface area contributed by atoms with Crippen molar-refractivity contribution in [2.45, 2.75) is 83.6 Å². The van der Waals surface area contributed by atoms with Gasteiger partial charge in [0, 0.05) is 18.7 Å². The summed E-state index contributed by atoms with van der Waals surface area (Å²) in [7, 11) is 0. The van der Waals surface area contributed by atoms with Crippen LogP contribution in [0.2, 0.25) is 0 Å². The number of hydrogen-bond donors (Lipinski definition) is 3. The number of aliphatic hydroxyl groups is 1. The summed E-state index contributed by atoms with van der Waals surface area (Å²) < 4.78 is 11.4. The number of benzene rings is 1. The maximum Gasteiger partial charge on any atom is 0.408 e. The standard InChI is InChI=1S/C25H39N3O5/c1-24(2,3)33-23(31)27-21-18-15-17(9-10-19(18)32-25(4,5)22(21)30)16-20(29)26-11-14-28-12-7-6-8-13-28/h9-10,15,21-22,30H,6-8,11-14,16H2,1-5H3,(H,26,29)(H,27,31)/t21-,22+/m1/s1. The summed E-state index contributed by atoms with van der Waals surface area (Å²) in [4.78, 5) is 27.3. The van der Waals surface area contributed by atoms with Gasteiger partial charge in [-0.15, -0.1) is 0 Å². The second-order valence-corrected chi connectivity index (χ2v) is 10.6. The molecule has 8 nitrogen and oxygen atoms in total. The first-order valence-corrected chi connectivity index (χ1v) is 11.9. The van der Waals surface area contributed by atoms with Gasteiger partial charge in [-0.25, -0.2) is 4.79 Å². The summed E-state index contributed by atoms with van der Waals surface area (Å²) in [6.07, 6.45) is 2.35. The van der Waals surface area contributed by atoms with Gasteiger partial charge in [-0.1, -0.05) is 12.5 Å². The van der Waals surface area contributed by atoms with Gasteiger partial charge in [-0.2, -0.15) is 0 Å². The SMILES string of the molecule is CC(C)(C)OC(=O)N[C@@H]1c2cc(CC(=O)NCCN3CCCCC3)ccc2OC(C)(C)[C@H]1O. The van der Waals surface area contributed by atoms with Crippen LogP contribution in [-0.2, 0) is 16.0 Å². The molecule has 2 aliphatic rings. The van der Waals surface area contributed by atoms with Crippen LogP contribution < -0.4 is 15.4 Å². The van der Waals surface area contributed by atoms with E-state index < -0.39 is 29.4 Å². The van der Waals surface area contributed by atoms with Crippen molar-refractivity contribution in [3.05, 3.63) is 29.3 Å². The Hall–Kier alpha value is -2.32. The first-order valence-electron chi connectivity index (χ1n) is 11.9. The molecular weight excluding hydrogens is 422 g/mol. The number of ether oxygens (including phenoxy) is 2. The maximum absolute atomic E-state index is 12.5. The summed E-state index contributed by atoms with van der Waals surface area (Å²) in [6, 6.07) is 4.74. The number of aliphatic hydroxyl groups excluding tert-OH is 1. The number of nitrogens with zero attached hydrogens (tertiary/aromatic N) is 1. The van der Waals surface area contributed by atoms with Crippen molar-refractivity contribution in [2.75, 3.05) is 26.2 Å². The molecule has 3 rings (SSSR count). The van der Waals surface area contributed by atoms with Crippen LogP contribution in [0.15, 0.2) is 18.2 Å². The van der Waals surface area contributed by atoms with Crippen molar-refractivity contribution in [2.24, 2.45) is 0 Å². The van der Waals surface area contributed by atoms with E-state index in [-0.39, 0.29) is 12.3 Å². The first kappa shape index (κ1) is 25.3. The number of hydrogen-bond acceptors (Lipinski definition) is 6. The summed E-state index contributed by atoms with van der Waals surface area (Å²) in [5.41, 5.74) is -0.144. The summed E-state index contributed by atoms with van der Waals surface area (Å²) in [5.74, 6) is 0.516. The number of carbonyl (C=O) groups is 2. The van der Waals surface area contributed by atoms with Crippen molar-refractivity contribution in [3.63, 3.8) is 0 Å². The Morgan fingerprint density at radius 2 is 1.91 bits per heavy atom. The minimum absolute atomic E-state index is 0.0544. The van der Waals surface area contributed by atoms with Crippen molar-refractivity contribution in [1.82, 2.24) is 15.5 Å². The number of rotatable bonds is 6. The molecule has 2 heterocycles. The van der Waals surface area contributed by atoms with E-state index in [9.17, 15) is 14.7 Å². The maximum atomic E-state index is 12.5. The van der Waals surface area contributed by atoms with Crippen LogP contribution in [0.5, 0.6) is 5.75 Å². The quantitative estimate of drug-likeness (QED) is 0.602. The summed E-state index contributed by atoms with van der Waals surface area (Å²) >= 11 is 0. The summed E-state index contributed by atoms with van der Waals surface area (Å²) in [6.45, 7) is 12.6. The lowest BCUT2D eigenvalue weighted by atomic mass is 9.85. The van der Waals surface area contributed by atoms with Gasteiger partial charge < -0.3 is 30.1 Å². The molecule has 0 spiro atoms. The van der Waals surface area contributed by atoms with Crippen molar-refractivity contribution in [3.8, 4) is 5.75 Å². The molecule has 33 heavy (non-hydrogen) atoms. The van der Waals surface area contributed by atoms with Gasteiger partial charge in [0.25, 0.3) is 0 Å². The van der Waals surface area contributed by atoms with Crippen LogP contribution in [0.1, 0.15) is 71.0 Å². The highest BCUT2D eigenvalue weighted by molar-refractivity contribution is 5.78. The van der Waals surface area contributed by atoms with E-state index >= 15 is 0 Å². The minimum Gasteiger partial charge on any atom is -0.485 e. The van der Waals surface area contributed by atoms with Gasteiger partial charge in [-0.3, -0.25) is 4.79 Å². The molecule has 3 N–H and O–H groups in total. The van der Waals surface area contributed by atoms with E-state index in [4.69, 9.17) is 9.47 Å². The Kier molecular flexibility index (Phi) is 7.90. The molecule has 0 saturated carbocycles. The van der Waals surface area contributed by atoms with Gasteiger partial charge in [0.2, 0.25) is 5.91 Å². The third-order valence-electron chi connectivity index (χ3n) is 6.05. The zero-order chi connectivity index (χ0) is 24.2. The average Bonchev–Trinajstić information content (AvgIpc) is 2.71. The molecule has 184 valence electrons. The Morgan fingerprint density at radius 1 is 1.21 bits per heavy atom. The number of carbonyl (C=O) groups excluding carboxylic acids is 2. The molecule has 2 atom stereocenters. The number of amides is 2. The summed E-state index contributed by atoms with van der Waals surface area (Å²) in [5, 5.41) is 16.7. The number of nitrogens with one attached hydrogen (secondary N) is 2. The van der Waals surface area contributed by atoms with Gasteiger partial charge in [0.1, 0.15) is 23.1 Å². The molecular formula is C25H39N3O5. The number of alkyl carbamates (subject to hydrolysis) is 1. The highest BCUT2D eigenvalue weighted by atomic mass is 16.6. The molecule has 8 heteroatoms. The number of fused-ring (bicyclic) bond motifs is 1. The average molecular weight is 462 g/mol. The van der Waals surface area contributed by atoms with Crippen LogP contribution in [0.3, 0.4) is 0 Å². The van der Waals surface area contributed by atoms with E-state index in [2.05, 4.69) is 15.5 Å². The third kappa shape index (κ3) is 7.08. The topological polar surface area (TPSA) is 100 Å². The van der Waals surface area contributed by atoms with Crippen LogP contribution in [0.4, 0.5) is 4.79 Å². The zero-order valence-electron chi connectivity index (χ0n) is 20.6. The first-order chi connectivity index (χ1) is 15.4. The van der Waals surface area contributed by atoms with Crippen LogP contribution in [0, 0.1) is 0 Å². The van der Waals surface area contributed by atoms with Crippen LogP contribution in [0.25, 0.3) is 0 Å². The molecule has 0 unspecified atom stereocenters. The highest BCUT2D eigenvalue weighted by Gasteiger charge is 2.44. The van der Waals surface area contributed by atoms with Crippen LogP contribution >= 0.6 is 0 Å². The lowest BCUT2D eigenvalue weighted by molar-refractivity contribution is -0.120. The van der Waals surface area contributed by atoms with Gasteiger partial charge >= 0.3 is 6.09 Å². The molecule has 1 aromatic carbocycles.